The summed E-state index contributed by atoms with van der Waals surface area (Å²) in [6.45, 7) is 1.22. The lowest BCUT2D eigenvalue weighted by Crippen LogP contribution is -2.13. The largest absolute Gasteiger partial charge is 0.490 e. The number of ether oxygens (including phenoxy) is 1. The van der Waals surface area contributed by atoms with Gasteiger partial charge in [-0.2, -0.15) is 0 Å². The van der Waals surface area contributed by atoms with Crippen molar-refractivity contribution in [1.82, 2.24) is 9.55 Å². The molecule has 1 N–H and O–H groups in total. The summed E-state index contributed by atoms with van der Waals surface area (Å²) in [5, 5.41) is 2.97. The van der Waals surface area contributed by atoms with Gasteiger partial charge in [0.25, 0.3) is 0 Å². The van der Waals surface area contributed by atoms with E-state index in [-0.39, 0.29) is 5.91 Å². The minimum Gasteiger partial charge on any atom is -0.490 e. The number of rotatable bonds is 10. The SMILES string of the molecule is CSc1ccc(CCCC(=O)Nc2ccccc2OCCn2ccnc2)cc1. The van der Waals surface area contributed by atoms with Crippen molar-refractivity contribution in [2.24, 2.45) is 0 Å². The zero-order valence-electron chi connectivity index (χ0n) is 16.0. The van der Waals surface area contributed by atoms with E-state index in [9.17, 15) is 4.79 Å². The standard InChI is InChI=1S/C22H25N3O2S/c1-28-19-11-9-18(10-12-19)5-4-8-22(26)24-20-6-2-3-7-21(20)27-16-15-25-14-13-23-17-25/h2-3,6-7,9-14,17H,4-5,8,15-16H2,1H3,(H,24,26). The summed E-state index contributed by atoms with van der Waals surface area (Å²) in [6.07, 6.45) is 9.65. The third-order valence-corrected chi connectivity index (χ3v) is 5.10. The Kier molecular flexibility index (Phi) is 7.55. The number of thioether (sulfide) groups is 1. The second-order valence-corrected chi connectivity index (χ2v) is 7.27. The van der Waals surface area contributed by atoms with Gasteiger partial charge in [0.15, 0.2) is 0 Å². The van der Waals surface area contributed by atoms with Crippen molar-refractivity contribution < 1.29 is 9.53 Å². The van der Waals surface area contributed by atoms with Gasteiger partial charge in [0, 0.05) is 23.7 Å². The van der Waals surface area contributed by atoms with Gasteiger partial charge in [0.2, 0.25) is 5.91 Å². The minimum absolute atomic E-state index is 0.00592. The Labute approximate surface area is 170 Å². The number of nitrogens with one attached hydrogen (secondary N) is 1. The number of hydrogen-bond acceptors (Lipinski definition) is 4. The molecule has 0 atom stereocenters. The number of aryl methyl sites for hydroxylation is 1. The van der Waals surface area contributed by atoms with Crippen LogP contribution in [0, 0.1) is 0 Å². The predicted octanol–water partition coefficient (Wildman–Crippen LogP) is 4.65. The van der Waals surface area contributed by atoms with E-state index in [0.717, 1.165) is 12.8 Å². The first kappa shape index (κ1) is 20.0. The average molecular weight is 396 g/mol. The lowest BCUT2D eigenvalue weighted by atomic mass is 10.1. The Bertz CT molecular complexity index is 864. The molecule has 2 aromatic carbocycles. The van der Waals surface area contributed by atoms with Gasteiger partial charge in [-0.05, 0) is 48.9 Å². The molecule has 3 rings (SSSR count). The van der Waals surface area contributed by atoms with Crippen molar-refractivity contribution in [3.63, 3.8) is 0 Å². The molecular weight excluding hydrogens is 370 g/mol. The number of benzene rings is 2. The maximum Gasteiger partial charge on any atom is 0.224 e. The first-order valence-electron chi connectivity index (χ1n) is 9.35. The van der Waals surface area contributed by atoms with Crippen LogP contribution in [-0.4, -0.2) is 28.3 Å². The molecule has 28 heavy (non-hydrogen) atoms. The highest BCUT2D eigenvalue weighted by atomic mass is 32.2. The maximum atomic E-state index is 12.3. The molecule has 0 unspecified atom stereocenters. The van der Waals surface area contributed by atoms with E-state index in [0.29, 0.717) is 31.0 Å². The van der Waals surface area contributed by atoms with Crippen molar-refractivity contribution in [3.8, 4) is 5.75 Å². The number of carbonyl (C=O) groups excluding carboxylic acids is 1. The third kappa shape index (κ3) is 6.16. The number of imidazole rings is 1. The molecule has 3 aromatic rings. The van der Waals surface area contributed by atoms with Gasteiger partial charge in [-0.25, -0.2) is 4.98 Å². The number of anilines is 1. The highest BCUT2D eigenvalue weighted by molar-refractivity contribution is 7.98. The fourth-order valence-corrected chi connectivity index (χ4v) is 3.24. The van der Waals surface area contributed by atoms with Crippen LogP contribution in [0.15, 0.2) is 72.1 Å². The van der Waals surface area contributed by atoms with E-state index in [2.05, 4.69) is 40.8 Å². The Balaban J connectivity index is 1.45. The van der Waals surface area contributed by atoms with Gasteiger partial charge in [0.05, 0.1) is 18.6 Å². The molecule has 1 amide bonds. The monoisotopic (exact) mass is 395 g/mol. The smallest absolute Gasteiger partial charge is 0.224 e. The van der Waals surface area contributed by atoms with Gasteiger partial charge < -0.3 is 14.6 Å². The molecule has 0 saturated carbocycles. The van der Waals surface area contributed by atoms with Gasteiger partial charge in [-0.3, -0.25) is 4.79 Å². The van der Waals surface area contributed by atoms with E-state index >= 15 is 0 Å². The Morgan fingerprint density at radius 1 is 1.18 bits per heavy atom. The topological polar surface area (TPSA) is 56.1 Å². The van der Waals surface area contributed by atoms with Gasteiger partial charge in [-0.15, -0.1) is 11.8 Å². The number of nitrogens with zero attached hydrogens (tertiary/aromatic N) is 2. The lowest BCUT2D eigenvalue weighted by Gasteiger charge is -2.13. The second kappa shape index (κ2) is 10.6. The number of amides is 1. The molecule has 0 saturated heterocycles. The summed E-state index contributed by atoms with van der Waals surface area (Å²) >= 11 is 1.73. The molecule has 5 nitrogen and oxygen atoms in total. The molecule has 0 fully saturated rings. The number of carbonyl (C=O) groups is 1. The van der Waals surface area contributed by atoms with Crippen LogP contribution < -0.4 is 10.1 Å². The predicted molar refractivity (Wildman–Crippen MR) is 114 cm³/mol. The summed E-state index contributed by atoms with van der Waals surface area (Å²) in [7, 11) is 0. The fourth-order valence-electron chi connectivity index (χ4n) is 2.83. The fraction of sp³-hybridized carbons (Fsp3) is 0.273. The van der Waals surface area contributed by atoms with E-state index < -0.39 is 0 Å². The molecule has 6 heteroatoms. The molecule has 0 spiro atoms. The molecular formula is C22H25N3O2S. The second-order valence-electron chi connectivity index (χ2n) is 6.39. The summed E-state index contributed by atoms with van der Waals surface area (Å²) in [5.74, 6) is 0.690. The van der Waals surface area contributed by atoms with Crippen LogP contribution in [-0.2, 0) is 17.8 Å². The molecule has 0 aliphatic heterocycles. The average Bonchev–Trinajstić information content (AvgIpc) is 3.23. The van der Waals surface area contributed by atoms with Gasteiger partial charge in [-0.1, -0.05) is 24.3 Å². The Morgan fingerprint density at radius 3 is 2.75 bits per heavy atom. The lowest BCUT2D eigenvalue weighted by molar-refractivity contribution is -0.116. The van der Waals surface area contributed by atoms with Crippen LogP contribution in [0.1, 0.15) is 18.4 Å². The number of para-hydroxylation sites is 2. The van der Waals surface area contributed by atoms with Crippen molar-refractivity contribution in [2.45, 2.75) is 30.7 Å². The molecule has 1 aromatic heterocycles. The van der Waals surface area contributed by atoms with Crippen LogP contribution >= 0.6 is 11.8 Å². The maximum absolute atomic E-state index is 12.3. The summed E-state index contributed by atoms with van der Waals surface area (Å²) in [5.41, 5.74) is 1.97. The summed E-state index contributed by atoms with van der Waals surface area (Å²) in [4.78, 5) is 17.6. The van der Waals surface area contributed by atoms with E-state index in [4.69, 9.17) is 4.74 Å². The molecule has 0 bridgehead atoms. The van der Waals surface area contributed by atoms with E-state index in [1.807, 2.05) is 35.0 Å². The first-order valence-corrected chi connectivity index (χ1v) is 10.6. The van der Waals surface area contributed by atoms with Crippen molar-refractivity contribution >= 4 is 23.4 Å². The van der Waals surface area contributed by atoms with Crippen molar-refractivity contribution in [3.05, 3.63) is 72.8 Å². The number of hydrogen-bond donors (Lipinski definition) is 1. The van der Waals surface area contributed by atoms with E-state index in [1.54, 1.807) is 24.3 Å². The van der Waals surface area contributed by atoms with Crippen LogP contribution in [0.4, 0.5) is 5.69 Å². The normalized spacial score (nSPS) is 10.6. The molecule has 0 aliphatic rings. The summed E-state index contributed by atoms with van der Waals surface area (Å²) in [6, 6.07) is 16.0. The summed E-state index contributed by atoms with van der Waals surface area (Å²) < 4.78 is 7.79. The third-order valence-electron chi connectivity index (χ3n) is 4.36. The number of aromatic nitrogens is 2. The zero-order valence-corrected chi connectivity index (χ0v) is 16.8. The minimum atomic E-state index is 0.00592. The van der Waals surface area contributed by atoms with Crippen molar-refractivity contribution in [1.29, 1.82) is 0 Å². The van der Waals surface area contributed by atoms with Crippen LogP contribution in [0.5, 0.6) is 5.75 Å². The molecule has 1 heterocycles. The Morgan fingerprint density at radius 2 is 2.00 bits per heavy atom. The first-order chi connectivity index (χ1) is 13.7. The highest BCUT2D eigenvalue weighted by Crippen LogP contribution is 2.24. The van der Waals surface area contributed by atoms with Gasteiger partial charge in [0.1, 0.15) is 12.4 Å². The van der Waals surface area contributed by atoms with Crippen LogP contribution in [0.3, 0.4) is 0 Å². The quantitative estimate of drug-likeness (QED) is 0.508. The van der Waals surface area contributed by atoms with Crippen LogP contribution in [0.2, 0.25) is 0 Å². The zero-order chi connectivity index (χ0) is 19.6. The molecule has 146 valence electrons. The van der Waals surface area contributed by atoms with Crippen LogP contribution in [0.25, 0.3) is 0 Å². The van der Waals surface area contributed by atoms with Gasteiger partial charge >= 0.3 is 0 Å². The molecule has 0 radical (unpaired) electrons. The molecule has 0 aliphatic carbocycles. The van der Waals surface area contributed by atoms with E-state index in [1.165, 1.54) is 10.5 Å². The highest BCUT2D eigenvalue weighted by Gasteiger charge is 2.08. The van der Waals surface area contributed by atoms with Crippen molar-refractivity contribution in [2.75, 3.05) is 18.2 Å². The Hall–Kier alpha value is -2.73.